The van der Waals surface area contributed by atoms with Crippen LogP contribution >= 0.6 is 0 Å². The number of hydrogen-bond donors (Lipinski definition) is 1. The third-order valence-electron chi connectivity index (χ3n) is 2.26. The molecule has 0 atom stereocenters. The molecular weight excluding hydrogens is 264 g/mol. The fraction of sp³-hybridized carbons (Fsp3) is 0.0833. The van der Waals surface area contributed by atoms with Crippen LogP contribution in [0.25, 0.3) is 0 Å². The molecule has 0 fully saturated rings. The fourth-order valence-corrected chi connectivity index (χ4v) is 1.41. The molecule has 2 aromatic heterocycles. The van der Waals surface area contributed by atoms with Gasteiger partial charge in [-0.15, -0.1) is 0 Å². The maximum Gasteiger partial charge on any atom is 0.433 e. The van der Waals surface area contributed by atoms with Gasteiger partial charge in [-0.2, -0.15) is 5.10 Å². The van der Waals surface area contributed by atoms with Crippen molar-refractivity contribution in [3.8, 4) is 0 Å². The monoisotopic (exact) mass is 274 g/mol. The van der Waals surface area contributed by atoms with Crippen LogP contribution in [0.1, 0.15) is 11.3 Å². The molecule has 102 valence electrons. The number of hydrazone groups is 1. The van der Waals surface area contributed by atoms with E-state index in [2.05, 4.69) is 15.5 Å². The van der Waals surface area contributed by atoms with Gasteiger partial charge in [0.15, 0.2) is 5.76 Å². The Morgan fingerprint density at radius 3 is 3.00 bits per heavy atom. The molecule has 0 aromatic carbocycles. The Kier molecular flexibility index (Phi) is 4.17. The molecule has 20 heavy (non-hydrogen) atoms. The predicted molar refractivity (Wildman–Crippen MR) is 69.0 cm³/mol. The molecule has 0 bridgehead atoms. The van der Waals surface area contributed by atoms with Gasteiger partial charge in [0.05, 0.1) is 18.7 Å². The van der Waals surface area contributed by atoms with Crippen molar-refractivity contribution in [1.82, 2.24) is 10.4 Å². The van der Waals surface area contributed by atoms with Crippen LogP contribution in [0, 0.1) is 10.1 Å². The number of amides is 1. The largest absolute Gasteiger partial charge is 0.433 e. The van der Waals surface area contributed by atoms with E-state index in [0.29, 0.717) is 0 Å². The van der Waals surface area contributed by atoms with Crippen LogP contribution in [0.3, 0.4) is 0 Å². The van der Waals surface area contributed by atoms with E-state index >= 15 is 0 Å². The van der Waals surface area contributed by atoms with E-state index in [4.69, 9.17) is 4.42 Å². The lowest BCUT2D eigenvalue weighted by molar-refractivity contribution is -0.402. The maximum atomic E-state index is 11.5. The van der Waals surface area contributed by atoms with Crippen LogP contribution < -0.4 is 5.43 Å². The van der Waals surface area contributed by atoms with E-state index in [9.17, 15) is 14.9 Å². The molecule has 0 aliphatic carbocycles. The number of rotatable bonds is 5. The highest BCUT2D eigenvalue weighted by atomic mass is 16.6. The molecule has 2 heterocycles. The predicted octanol–water partition coefficient (Wildman–Crippen LogP) is 1.28. The van der Waals surface area contributed by atoms with E-state index in [0.717, 1.165) is 5.56 Å². The zero-order chi connectivity index (χ0) is 14.4. The van der Waals surface area contributed by atoms with E-state index in [1.54, 1.807) is 24.5 Å². The minimum Gasteiger partial charge on any atom is -0.400 e. The Labute approximate surface area is 113 Å². The number of nitro groups is 1. The summed E-state index contributed by atoms with van der Waals surface area (Å²) in [5.41, 5.74) is 3.05. The first-order valence-corrected chi connectivity index (χ1v) is 5.60. The molecule has 0 saturated heterocycles. The fourth-order valence-electron chi connectivity index (χ4n) is 1.41. The van der Waals surface area contributed by atoms with Crippen LogP contribution in [0.5, 0.6) is 0 Å². The summed E-state index contributed by atoms with van der Waals surface area (Å²) in [4.78, 5) is 25.1. The van der Waals surface area contributed by atoms with Gasteiger partial charge in [0.2, 0.25) is 5.91 Å². The van der Waals surface area contributed by atoms with Gasteiger partial charge in [-0.25, -0.2) is 5.43 Å². The zero-order valence-corrected chi connectivity index (χ0v) is 10.2. The number of aromatic nitrogens is 1. The summed E-state index contributed by atoms with van der Waals surface area (Å²) in [6.45, 7) is 0. The number of pyridine rings is 1. The third-order valence-corrected chi connectivity index (χ3v) is 2.26. The summed E-state index contributed by atoms with van der Waals surface area (Å²) in [6.07, 6.45) is 4.53. The molecule has 0 aliphatic rings. The first kappa shape index (κ1) is 13.4. The van der Waals surface area contributed by atoms with Crippen molar-refractivity contribution in [2.24, 2.45) is 5.10 Å². The summed E-state index contributed by atoms with van der Waals surface area (Å²) < 4.78 is 4.84. The van der Waals surface area contributed by atoms with Crippen molar-refractivity contribution in [3.63, 3.8) is 0 Å². The van der Waals surface area contributed by atoms with Crippen LogP contribution in [-0.4, -0.2) is 22.0 Å². The number of hydrogen-bond acceptors (Lipinski definition) is 6. The lowest BCUT2D eigenvalue weighted by Gasteiger charge is -1.98. The SMILES string of the molecule is O=C(Cc1cccnc1)N/N=C\c1ccc([N+](=O)[O-])o1. The average molecular weight is 274 g/mol. The molecule has 2 rings (SSSR count). The number of carbonyl (C=O) groups is 1. The Balaban J connectivity index is 1.86. The van der Waals surface area contributed by atoms with Crippen molar-refractivity contribution >= 4 is 18.0 Å². The normalized spacial score (nSPS) is 10.6. The molecule has 0 radical (unpaired) electrons. The standard InChI is InChI=1S/C12H10N4O4/c17-11(6-9-2-1-5-13-7-9)15-14-8-10-3-4-12(20-10)16(18)19/h1-5,7-8H,6H2,(H,15,17)/b14-8-. The second kappa shape index (κ2) is 6.23. The second-order valence-corrected chi connectivity index (χ2v) is 3.76. The lowest BCUT2D eigenvalue weighted by atomic mass is 10.2. The smallest absolute Gasteiger partial charge is 0.400 e. The van der Waals surface area contributed by atoms with Gasteiger partial charge in [0, 0.05) is 12.4 Å². The van der Waals surface area contributed by atoms with Gasteiger partial charge in [0.1, 0.15) is 4.92 Å². The Morgan fingerprint density at radius 2 is 2.35 bits per heavy atom. The van der Waals surface area contributed by atoms with Crippen LogP contribution in [0.4, 0.5) is 5.88 Å². The van der Waals surface area contributed by atoms with Gasteiger partial charge in [0.25, 0.3) is 0 Å². The minimum absolute atomic E-state index is 0.142. The van der Waals surface area contributed by atoms with Crippen molar-refractivity contribution in [2.45, 2.75) is 6.42 Å². The van der Waals surface area contributed by atoms with Crippen molar-refractivity contribution in [2.75, 3.05) is 0 Å². The van der Waals surface area contributed by atoms with Crippen LogP contribution in [0.2, 0.25) is 0 Å². The number of carbonyl (C=O) groups excluding carboxylic acids is 1. The van der Waals surface area contributed by atoms with E-state index in [-0.39, 0.29) is 24.0 Å². The third kappa shape index (κ3) is 3.73. The molecular formula is C12H10N4O4. The van der Waals surface area contributed by atoms with Gasteiger partial charge >= 0.3 is 5.88 Å². The molecule has 0 unspecified atom stereocenters. The van der Waals surface area contributed by atoms with Gasteiger partial charge in [-0.3, -0.25) is 19.9 Å². The summed E-state index contributed by atoms with van der Waals surface area (Å²) in [7, 11) is 0. The molecule has 1 N–H and O–H groups in total. The lowest BCUT2D eigenvalue weighted by Crippen LogP contribution is -2.19. The van der Waals surface area contributed by atoms with Gasteiger partial charge in [-0.05, 0) is 17.7 Å². The highest BCUT2D eigenvalue weighted by Crippen LogP contribution is 2.13. The van der Waals surface area contributed by atoms with E-state index < -0.39 is 4.92 Å². The summed E-state index contributed by atoms with van der Waals surface area (Å²) in [5, 5.41) is 14.0. The van der Waals surface area contributed by atoms with Gasteiger partial charge < -0.3 is 4.42 Å². The number of furan rings is 1. The highest BCUT2D eigenvalue weighted by Gasteiger charge is 2.10. The van der Waals surface area contributed by atoms with E-state index in [1.807, 2.05) is 0 Å². The van der Waals surface area contributed by atoms with Crippen LogP contribution in [0.15, 0.2) is 46.2 Å². The number of nitrogens with one attached hydrogen (secondary N) is 1. The van der Waals surface area contributed by atoms with Crippen molar-refractivity contribution in [1.29, 1.82) is 0 Å². The molecule has 0 aliphatic heterocycles. The summed E-state index contributed by atoms with van der Waals surface area (Å²) >= 11 is 0. The van der Waals surface area contributed by atoms with E-state index in [1.165, 1.54) is 18.3 Å². The molecule has 1 amide bonds. The first-order chi connectivity index (χ1) is 9.65. The van der Waals surface area contributed by atoms with Crippen LogP contribution in [-0.2, 0) is 11.2 Å². The molecule has 2 aromatic rings. The average Bonchev–Trinajstić information content (AvgIpc) is 2.89. The topological polar surface area (TPSA) is 111 Å². The maximum absolute atomic E-state index is 11.5. The van der Waals surface area contributed by atoms with Crippen molar-refractivity contribution in [3.05, 3.63) is 58.1 Å². The molecule has 8 heteroatoms. The Morgan fingerprint density at radius 1 is 1.50 bits per heavy atom. The first-order valence-electron chi connectivity index (χ1n) is 5.60. The molecule has 0 saturated carbocycles. The Bertz CT molecular complexity index is 636. The minimum atomic E-state index is -0.654. The number of nitrogens with zero attached hydrogens (tertiary/aromatic N) is 3. The van der Waals surface area contributed by atoms with Gasteiger partial charge in [-0.1, -0.05) is 6.07 Å². The highest BCUT2D eigenvalue weighted by molar-refractivity contribution is 5.81. The second-order valence-electron chi connectivity index (χ2n) is 3.76. The molecule has 0 spiro atoms. The quantitative estimate of drug-likeness (QED) is 0.501. The summed E-state index contributed by atoms with van der Waals surface area (Å²) in [5.74, 6) is -0.526. The van der Waals surface area contributed by atoms with Crippen molar-refractivity contribution < 1.29 is 14.1 Å². The Hall–Kier alpha value is -3.03. The summed E-state index contributed by atoms with van der Waals surface area (Å²) in [6, 6.07) is 6.09. The molecule has 8 nitrogen and oxygen atoms in total. The zero-order valence-electron chi connectivity index (χ0n) is 10.2.